The monoisotopic (exact) mass is 479 g/mol. The Morgan fingerprint density at radius 3 is 2.69 bits per heavy atom. The third kappa shape index (κ3) is 4.38. The van der Waals surface area contributed by atoms with Crippen LogP contribution in [-0.2, 0) is 20.9 Å². The Morgan fingerprint density at radius 1 is 1.03 bits per heavy atom. The highest BCUT2D eigenvalue weighted by molar-refractivity contribution is 6.05. The van der Waals surface area contributed by atoms with E-state index in [-0.39, 0.29) is 30.2 Å². The summed E-state index contributed by atoms with van der Waals surface area (Å²) in [5.74, 6) is 0.651. The quantitative estimate of drug-likeness (QED) is 0.516. The van der Waals surface area contributed by atoms with Crippen LogP contribution in [0.1, 0.15) is 60.9 Å². The first-order chi connectivity index (χ1) is 17.1. The number of benzene rings is 1. The Morgan fingerprint density at radius 2 is 1.89 bits per heavy atom. The van der Waals surface area contributed by atoms with E-state index in [9.17, 15) is 14.4 Å². The van der Waals surface area contributed by atoms with Crippen LogP contribution in [-0.4, -0.2) is 72.0 Å². The SMILES string of the molecule is O=C1CCC(N2Cc3cc(O[C@H]4CCCC[C@@H]4N4CC(C5=CCOCC5)C4)ccc3C2=O)C(=O)N1. The van der Waals surface area contributed by atoms with Crippen LogP contribution in [0.4, 0.5) is 0 Å². The number of imide groups is 1. The number of fused-ring (bicyclic) bond motifs is 1. The first kappa shape index (κ1) is 22.7. The Kier molecular flexibility index (Phi) is 6.10. The number of carbonyl (C=O) groups is 3. The van der Waals surface area contributed by atoms with Crippen LogP contribution >= 0.6 is 0 Å². The third-order valence-electron chi connectivity index (χ3n) is 8.35. The molecule has 0 radical (unpaired) electrons. The maximum atomic E-state index is 13.0. The molecule has 4 aliphatic heterocycles. The van der Waals surface area contributed by atoms with Crippen molar-refractivity contribution < 1.29 is 23.9 Å². The van der Waals surface area contributed by atoms with E-state index in [1.54, 1.807) is 10.5 Å². The average Bonchev–Trinajstić information content (AvgIpc) is 3.15. The van der Waals surface area contributed by atoms with E-state index < -0.39 is 6.04 Å². The molecule has 1 aromatic carbocycles. The number of hydrogen-bond acceptors (Lipinski definition) is 6. The molecule has 3 atom stereocenters. The van der Waals surface area contributed by atoms with Gasteiger partial charge in [-0.1, -0.05) is 18.1 Å². The molecule has 2 saturated heterocycles. The molecular formula is C27H33N3O5. The summed E-state index contributed by atoms with van der Waals surface area (Å²) in [7, 11) is 0. The molecule has 8 heteroatoms. The fraction of sp³-hybridized carbons (Fsp3) is 0.593. The Hall–Kier alpha value is -2.71. The van der Waals surface area contributed by atoms with Crippen LogP contribution < -0.4 is 10.1 Å². The average molecular weight is 480 g/mol. The van der Waals surface area contributed by atoms with Crippen molar-refractivity contribution in [3.05, 3.63) is 41.0 Å². The van der Waals surface area contributed by atoms with Crippen LogP contribution in [0.15, 0.2) is 29.8 Å². The van der Waals surface area contributed by atoms with Gasteiger partial charge in [0.1, 0.15) is 17.9 Å². The molecule has 6 rings (SSSR count). The highest BCUT2D eigenvalue weighted by Gasteiger charge is 2.41. The van der Waals surface area contributed by atoms with Crippen molar-refractivity contribution in [2.75, 3.05) is 26.3 Å². The van der Waals surface area contributed by atoms with E-state index in [0.717, 1.165) is 56.9 Å². The van der Waals surface area contributed by atoms with Crippen molar-refractivity contribution in [2.24, 2.45) is 5.92 Å². The molecule has 0 bridgehead atoms. The summed E-state index contributed by atoms with van der Waals surface area (Å²) in [4.78, 5) is 41.0. The number of amides is 3. The summed E-state index contributed by atoms with van der Waals surface area (Å²) in [5.41, 5.74) is 3.07. The van der Waals surface area contributed by atoms with E-state index in [1.807, 2.05) is 18.2 Å². The fourth-order valence-corrected chi connectivity index (χ4v) is 6.36. The highest BCUT2D eigenvalue weighted by Crippen LogP contribution is 2.36. The number of likely N-dealkylation sites (tertiary alicyclic amines) is 1. The lowest BCUT2D eigenvalue weighted by molar-refractivity contribution is -0.136. The molecule has 0 spiro atoms. The summed E-state index contributed by atoms with van der Waals surface area (Å²) in [6.07, 6.45) is 8.73. The van der Waals surface area contributed by atoms with E-state index in [2.05, 4.69) is 16.3 Å². The summed E-state index contributed by atoms with van der Waals surface area (Å²) in [6, 6.07) is 5.52. The lowest BCUT2D eigenvalue weighted by Crippen LogP contribution is -2.58. The van der Waals surface area contributed by atoms with Gasteiger partial charge in [-0.05, 0) is 55.9 Å². The number of ether oxygens (including phenoxy) is 2. The number of nitrogens with zero attached hydrogens (tertiary/aromatic N) is 2. The fourth-order valence-electron chi connectivity index (χ4n) is 6.36. The Balaban J connectivity index is 1.11. The zero-order valence-electron chi connectivity index (χ0n) is 20.0. The van der Waals surface area contributed by atoms with Gasteiger partial charge in [0.05, 0.1) is 13.2 Å². The first-order valence-corrected chi connectivity index (χ1v) is 13.0. The van der Waals surface area contributed by atoms with Gasteiger partial charge in [0.2, 0.25) is 11.8 Å². The van der Waals surface area contributed by atoms with Crippen molar-refractivity contribution in [3.8, 4) is 5.75 Å². The molecule has 1 unspecified atom stereocenters. The third-order valence-corrected chi connectivity index (χ3v) is 8.35. The number of nitrogens with one attached hydrogen (secondary N) is 1. The lowest BCUT2D eigenvalue weighted by Gasteiger charge is -2.49. The summed E-state index contributed by atoms with van der Waals surface area (Å²) < 4.78 is 12.0. The molecule has 186 valence electrons. The molecule has 1 aliphatic carbocycles. The van der Waals surface area contributed by atoms with Gasteiger partial charge in [-0.3, -0.25) is 24.6 Å². The van der Waals surface area contributed by atoms with Gasteiger partial charge in [0.25, 0.3) is 5.91 Å². The van der Waals surface area contributed by atoms with Crippen molar-refractivity contribution in [1.82, 2.24) is 15.1 Å². The van der Waals surface area contributed by atoms with Crippen molar-refractivity contribution >= 4 is 17.7 Å². The largest absolute Gasteiger partial charge is 0.489 e. The highest BCUT2D eigenvalue weighted by atomic mass is 16.5. The summed E-state index contributed by atoms with van der Waals surface area (Å²) in [5, 5.41) is 2.36. The van der Waals surface area contributed by atoms with Crippen LogP contribution in [0.3, 0.4) is 0 Å². The normalized spacial score (nSPS) is 29.9. The molecule has 1 aromatic rings. The Bertz CT molecular complexity index is 1060. The number of piperidine rings is 1. The minimum atomic E-state index is -0.593. The summed E-state index contributed by atoms with van der Waals surface area (Å²) in [6.45, 7) is 4.19. The molecule has 1 saturated carbocycles. The second-order valence-corrected chi connectivity index (χ2v) is 10.5. The minimum Gasteiger partial charge on any atom is -0.489 e. The molecule has 35 heavy (non-hydrogen) atoms. The minimum absolute atomic E-state index is 0.148. The van der Waals surface area contributed by atoms with Crippen LogP contribution in [0.25, 0.3) is 0 Å². The van der Waals surface area contributed by atoms with Gasteiger partial charge in [0.15, 0.2) is 0 Å². The first-order valence-electron chi connectivity index (χ1n) is 13.0. The van der Waals surface area contributed by atoms with E-state index >= 15 is 0 Å². The van der Waals surface area contributed by atoms with E-state index in [1.165, 1.54) is 12.8 Å². The molecular weight excluding hydrogens is 446 g/mol. The second-order valence-electron chi connectivity index (χ2n) is 10.5. The van der Waals surface area contributed by atoms with Crippen LogP contribution in [0.2, 0.25) is 0 Å². The van der Waals surface area contributed by atoms with Gasteiger partial charge in [-0.15, -0.1) is 0 Å². The van der Waals surface area contributed by atoms with Crippen molar-refractivity contribution in [3.63, 3.8) is 0 Å². The standard InChI is InChI=1S/C27H33N3O5/c31-25-8-7-23(26(32)28-25)30-16-18-13-20(5-6-21(18)27(30)33)35-24-4-2-1-3-22(24)29-14-19(15-29)17-9-11-34-12-10-17/h5-6,9,13,19,22-24H,1-4,7-8,10-12,14-16H2,(H,28,31,32)/t22-,23?,24-/m0/s1. The predicted octanol–water partition coefficient (Wildman–Crippen LogP) is 2.42. The number of rotatable bonds is 5. The molecule has 0 aromatic heterocycles. The number of hydrogen-bond donors (Lipinski definition) is 1. The van der Waals surface area contributed by atoms with Crippen LogP contribution in [0.5, 0.6) is 5.75 Å². The lowest BCUT2D eigenvalue weighted by atomic mass is 9.83. The van der Waals surface area contributed by atoms with Gasteiger partial charge < -0.3 is 14.4 Å². The van der Waals surface area contributed by atoms with E-state index in [0.29, 0.717) is 30.5 Å². The molecule has 5 aliphatic rings. The molecule has 8 nitrogen and oxygen atoms in total. The molecule has 3 fully saturated rings. The topological polar surface area (TPSA) is 88.2 Å². The van der Waals surface area contributed by atoms with Gasteiger partial charge in [-0.2, -0.15) is 0 Å². The second kappa shape index (κ2) is 9.39. The van der Waals surface area contributed by atoms with Gasteiger partial charge in [-0.25, -0.2) is 0 Å². The van der Waals surface area contributed by atoms with E-state index in [4.69, 9.17) is 9.47 Å². The maximum absolute atomic E-state index is 13.0. The van der Waals surface area contributed by atoms with Gasteiger partial charge >= 0.3 is 0 Å². The zero-order chi connectivity index (χ0) is 23.9. The Labute approximate surface area is 205 Å². The predicted molar refractivity (Wildman–Crippen MR) is 128 cm³/mol. The maximum Gasteiger partial charge on any atom is 0.255 e. The smallest absolute Gasteiger partial charge is 0.255 e. The molecule has 4 heterocycles. The van der Waals surface area contributed by atoms with Crippen molar-refractivity contribution in [2.45, 2.75) is 69.7 Å². The summed E-state index contributed by atoms with van der Waals surface area (Å²) >= 11 is 0. The number of carbonyl (C=O) groups excluding carboxylic acids is 3. The molecule has 1 N–H and O–H groups in total. The van der Waals surface area contributed by atoms with Crippen molar-refractivity contribution in [1.29, 1.82) is 0 Å². The van der Waals surface area contributed by atoms with Crippen LogP contribution in [0, 0.1) is 5.92 Å². The molecule has 3 amide bonds. The van der Waals surface area contributed by atoms with Gasteiger partial charge in [0, 0.05) is 43.6 Å². The zero-order valence-corrected chi connectivity index (χ0v) is 20.0.